The number of hydrogen-bond donors (Lipinski definition) is 2. The van der Waals surface area contributed by atoms with Crippen LogP contribution in [0.2, 0.25) is 5.02 Å². The Labute approximate surface area is 112 Å². The second kappa shape index (κ2) is 6.52. The second-order valence-electron chi connectivity index (χ2n) is 4.22. The zero-order valence-corrected chi connectivity index (χ0v) is 11.5. The molecule has 0 fully saturated rings. The summed E-state index contributed by atoms with van der Waals surface area (Å²) in [6.07, 6.45) is 0. The molecular weight excluding hydrogens is 252 g/mol. The quantitative estimate of drug-likeness (QED) is 0.863. The van der Waals surface area contributed by atoms with Gasteiger partial charge in [-0.1, -0.05) is 11.6 Å². The molecule has 1 atom stereocenters. The highest BCUT2D eigenvalue weighted by atomic mass is 35.5. The molecule has 0 bridgehead atoms. The smallest absolute Gasteiger partial charge is 0.221 e. The molecule has 1 aromatic rings. The topological polar surface area (TPSA) is 58.2 Å². The van der Waals surface area contributed by atoms with E-state index in [-0.39, 0.29) is 24.3 Å². The lowest BCUT2D eigenvalue weighted by molar-refractivity contribution is -0.116. The Morgan fingerprint density at radius 3 is 2.56 bits per heavy atom. The van der Waals surface area contributed by atoms with Crippen LogP contribution in [0.5, 0.6) is 0 Å². The van der Waals surface area contributed by atoms with E-state index in [0.29, 0.717) is 10.7 Å². The molecule has 1 unspecified atom stereocenters. The van der Waals surface area contributed by atoms with Crippen molar-refractivity contribution >= 4 is 29.0 Å². The molecular formula is C13H17ClN2O2. The number of Topliss-reactive ketones (excluding diaryl/α,β-unsaturated/α-hetero) is 1. The van der Waals surface area contributed by atoms with E-state index in [4.69, 9.17) is 11.6 Å². The largest absolute Gasteiger partial charge is 0.326 e. The molecule has 0 aromatic heterocycles. The highest BCUT2D eigenvalue weighted by molar-refractivity contribution is 6.30. The molecule has 0 spiro atoms. The first-order valence-electron chi connectivity index (χ1n) is 5.70. The molecule has 1 rings (SSSR count). The third-order valence-corrected chi connectivity index (χ3v) is 2.68. The van der Waals surface area contributed by atoms with Gasteiger partial charge in [0.2, 0.25) is 5.91 Å². The highest BCUT2D eigenvalue weighted by Crippen LogP contribution is 2.26. The number of halogens is 1. The van der Waals surface area contributed by atoms with Gasteiger partial charge in [0.15, 0.2) is 0 Å². The van der Waals surface area contributed by atoms with Crippen LogP contribution >= 0.6 is 11.6 Å². The van der Waals surface area contributed by atoms with E-state index in [1.54, 1.807) is 18.2 Å². The van der Waals surface area contributed by atoms with Crippen LogP contribution in [0.3, 0.4) is 0 Å². The van der Waals surface area contributed by atoms with Crippen molar-refractivity contribution in [2.45, 2.75) is 26.8 Å². The normalized spacial score (nSPS) is 12.0. The minimum atomic E-state index is -0.141. The Morgan fingerprint density at radius 2 is 2.00 bits per heavy atom. The number of nitrogens with one attached hydrogen (secondary N) is 2. The number of rotatable bonds is 5. The zero-order chi connectivity index (χ0) is 13.7. The number of hydrogen-bond acceptors (Lipinski definition) is 3. The van der Waals surface area contributed by atoms with Gasteiger partial charge in [-0.3, -0.25) is 9.59 Å². The molecule has 98 valence electrons. The van der Waals surface area contributed by atoms with Gasteiger partial charge in [-0.15, -0.1) is 0 Å². The van der Waals surface area contributed by atoms with Crippen molar-refractivity contribution in [3.63, 3.8) is 0 Å². The molecule has 18 heavy (non-hydrogen) atoms. The van der Waals surface area contributed by atoms with E-state index >= 15 is 0 Å². The van der Waals surface area contributed by atoms with Crippen LogP contribution in [0.1, 0.15) is 32.4 Å². The summed E-state index contributed by atoms with van der Waals surface area (Å²) in [4.78, 5) is 22.1. The molecule has 4 nitrogen and oxygen atoms in total. The number of carbonyl (C=O) groups is 2. The fourth-order valence-electron chi connectivity index (χ4n) is 1.60. The Morgan fingerprint density at radius 1 is 1.33 bits per heavy atom. The van der Waals surface area contributed by atoms with Gasteiger partial charge in [0.05, 0.1) is 6.54 Å². The number of benzene rings is 1. The zero-order valence-electron chi connectivity index (χ0n) is 10.7. The molecule has 1 amide bonds. The van der Waals surface area contributed by atoms with Crippen molar-refractivity contribution < 1.29 is 9.59 Å². The van der Waals surface area contributed by atoms with Crippen LogP contribution in [0.15, 0.2) is 18.2 Å². The average molecular weight is 269 g/mol. The predicted octanol–water partition coefficient (Wildman–Crippen LogP) is 2.54. The van der Waals surface area contributed by atoms with Gasteiger partial charge >= 0.3 is 0 Å². The van der Waals surface area contributed by atoms with Crippen LogP contribution < -0.4 is 10.6 Å². The number of anilines is 1. The molecule has 0 heterocycles. The van der Waals surface area contributed by atoms with E-state index in [0.717, 1.165) is 5.56 Å². The van der Waals surface area contributed by atoms with Crippen molar-refractivity contribution in [3.05, 3.63) is 28.8 Å². The molecule has 1 aromatic carbocycles. The van der Waals surface area contributed by atoms with Crippen LogP contribution in [-0.2, 0) is 9.59 Å². The summed E-state index contributed by atoms with van der Waals surface area (Å²) in [5, 5.41) is 6.42. The molecule has 2 N–H and O–H groups in total. The fourth-order valence-corrected chi connectivity index (χ4v) is 1.78. The van der Waals surface area contributed by atoms with Crippen molar-refractivity contribution in [2.75, 3.05) is 11.9 Å². The van der Waals surface area contributed by atoms with Crippen molar-refractivity contribution in [1.29, 1.82) is 0 Å². The van der Waals surface area contributed by atoms with Gasteiger partial charge in [-0.25, -0.2) is 0 Å². The van der Waals surface area contributed by atoms with E-state index < -0.39 is 0 Å². The van der Waals surface area contributed by atoms with Gasteiger partial charge in [-0.05, 0) is 37.6 Å². The van der Waals surface area contributed by atoms with Crippen LogP contribution in [0, 0.1) is 0 Å². The molecule has 5 heteroatoms. The van der Waals surface area contributed by atoms with Crippen LogP contribution in [-0.4, -0.2) is 18.2 Å². The molecule has 0 saturated heterocycles. The molecule has 0 radical (unpaired) electrons. The molecule has 0 aliphatic carbocycles. The fraction of sp³-hybridized carbons (Fsp3) is 0.385. The predicted molar refractivity (Wildman–Crippen MR) is 72.9 cm³/mol. The first kappa shape index (κ1) is 14.7. The minimum absolute atomic E-state index is 0.0601. The molecule has 0 aliphatic heterocycles. The monoisotopic (exact) mass is 268 g/mol. The maximum atomic E-state index is 11.1. The Kier molecular flexibility index (Phi) is 5.31. The Hall–Kier alpha value is -1.39. The van der Waals surface area contributed by atoms with Crippen molar-refractivity contribution in [1.82, 2.24) is 5.32 Å². The van der Waals surface area contributed by atoms with Gasteiger partial charge in [-0.2, -0.15) is 0 Å². The summed E-state index contributed by atoms with van der Waals surface area (Å²) in [5.41, 5.74) is 1.56. The second-order valence-corrected chi connectivity index (χ2v) is 4.65. The minimum Gasteiger partial charge on any atom is -0.326 e. The standard InChI is InChI=1S/C13H17ClN2O2/c1-8(17)7-15-9(2)12-6-11(14)4-5-13(12)16-10(3)18/h4-6,9,15H,7H2,1-3H3,(H,16,18). The maximum Gasteiger partial charge on any atom is 0.221 e. The summed E-state index contributed by atoms with van der Waals surface area (Å²) in [5.74, 6) is -0.0812. The lowest BCUT2D eigenvalue weighted by atomic mass is 10.1. The van der Waals surface area contributed by atoms with Crippen molar-refractivity contribution in [3.8, 4) is 0 Å². The first-order chi connectivity index (χ1) is 8.40. The summed E-state index contributed by atoms with van der Waals surface area (Å²) < 4.78 is 0. The molecule has 0 aliphatic rings. The maximum absolute atomic E-state index is 11.1. The highest BCUT2D eigenvalue weighted by Gasteiger charge is 2.12. The Balaban J connectivity index is 2.93. The van der Waals surface area contributed by atoms with Gasteiger partial charge in [0, 0.05) is 23.7 Å². The van der Waals surface area contributed by atoms with Gasteiger partial charge in [0.25, 0.3) is 0 Å². The number of carbonyl (C=O) groups excluding carboxylic acids is 2. The summed E-state index contributed by atoms with van der Waals surface area (Å²) in [6, 6.07) is 5.18. The lowest BCUT2D eigenvalue weighted by Crippen LogP contribution is -2.25. The van der Waals surface area contributed by atoms with Crippen LogP contribution in [0.25, 0.3) is 0 Å². The van der Waals surface area contributed by atoms with Gasteiger partial charge in [0.1, 0.15) is 5.78 Å². The van der Waals surface area contributed by atoms with E-state index in [9.17, 15) is 9.59 Å². The van der Waals surface area contributed by atoms with Crippen molar-refractivity contribution in [2.24, 2.45) is 0 Å². The third-order valence-electron chi connectivity index (χ3n) is 2.45. The molecule has 0 saturated carbocycles. The third kappa shape index (κ3) is 4.47. The number of amides is 1. The lowest BCUT2D eigenvalue weighted by Gasteiger charge is -2.18. The summed E-state index contributed by atoms with van der Waals surface area (Å²) >= 11 is 5.95. The average Bonchev–Trinajstić information content (AvgIpc) is 2.27. The van der Waals surface area contributed by atoms with Gasteiger partial charge < -0.3 is 10.6 Å². The van der Waals surface area contributed by atoms with Crippen LogP contribution in [0.4, 0.5) is 5.69 Å². The number of ketones is 1. The van der Waals surface area contributed by atoms with E-state index in [1.807, 2.05) is 6.92 Å². The van der Waals surface area contributed by atoms with E-state index in [1.165, 1.54) is 13.8 Å². The first-order valence-corrected chi connectivity index (χ1v) is 6.08. The summed E-state index contributed by atoms with van der Waals surface area (Å²) in [6.45, 7) is 5.17. The van der Waals surface area contributed by atoms with E-state index in [2.05, 4.69) is 10.6 Å². The summed E-state index contributed by atoms with van der Waals surface area (Å²) in [7, 11) is 0. The SMILES string of the molecule is CC(=O)CNC(C)c1cc(Cl)ccc1NC(C)=O. The Bertz CT molecular complexity index is 460.